The van der Waals surface area contributed by atoms with E-state index >= 15 is 0 Å². The molecular formula is C12H21NO3. The number of hydrogen-bond acceptors (Lipinski definition) is 3. The molecule has 0 heterocycles. The van der Waals surface area contributed by atoms with Crippen LogP contribution in [0.5, 0.6) is 0 Å². The molecule has 0 aromatic rings. The van der Waals surface area contributed by atoms with E-state index in [0.29, 0.717) is 18.8 Å². The molecule has 1 N–H and O–H groups in total. The topological polar surface area (TPSA) is 55.4 Å². The monoisotopic (exact) mass is 227 g/mol. The summed E-state index contributed by atoms with van der Waals surface area (Å²) in [6.07, 6.45) is 5.86. The fourth-order valence-electron chi connectivity index (χ4n) is 2.20. The van der Waals surface area contributed by atoms with Gasteiger partial charge in [0.2, 0.25) is 5.91 Å². The van der Waals surface area contributed by atoms with Gasteiger partial charge in [0.15, 0.2) is 0 Å². The Morgan fingerprint density at radius 1 is 1.38 bits per heavy atom. The first-order valence-electron chi connectivity index (χ1n) is 6.04. The Labute approximate surface area is 96.7 Å². The maximum atomic E-state index is 11.7. The van der Waals surface area contributed by atoms with Gasteiger partial charge >= 0.3 is 5.97 Å². The largest absolute Gasteiger partial charge is 0.467 e. The molecule has 16 heavy (non-hydrogen) atoms. The lowest BCUT2D eigenvalue weighted by Crippen LogP contribution is -2.41. The molecule has 0 bridgehead atoms. The third-order valence-electron chi connectivity index (χ3n) is 3.18. The summed E-state index contributed by atoms with van der Waals surface area (Å²) in [6.45, 7) is 1.86. The van der Waals surface area contributed by atoms with Crippen LogP contribution in [0.1, 0.15) is 45.4 Å². The Morgan fingerprint density at radius 2 is 2.00 bits per heavy atom. The first kappa shape index (κ1) is 13.0. The summed E-state index contributed by atoms with van der Waals surface area (Å²) in [5, 5.41) is 2.73. The van der Waals surface area contributed by atoms with Crippen molar-refractivity contribution in [1.29, 1.82) is 0 Å². The molecule has 0 aromatic carbocycles. The van der Waals surface area contributed by atoms with Crippen molar-refractivity contribution in [1.82, 2.24) is 5.32 Å². The summed E-state index contributed by atoms with van der Waals surface area (Å²) in [7, 11) is 1.34. The first-order chi connectivity index (χ1) is 7.67. The van der Waals surface area contributed by atoms with Gasteiger partial charge in [0.1, 0.15) is 6.04 Å². The zero-order chi connectivity index (χ0) is 12.0. The summed E-state index contributed by atoms with van der Waals surface area (Å²) < 4.78 is 4.62. The van der Waals surface area contributed by atoms with Crippen molar-refractivity contribution in [3.8, 4) is 0 Å². The summed E-state index contributed by atoms with van der Waals surface area (Å²) in [4.78, 5) is 22.9. The molecule has 4 heteroatoms. The zero-order valence-corrected chi connectivity index (χ0v) is 10.1. The molecule has 1 aliphatic rings. The molecule has 0 unspecified atom stereocenters. The number of methoxy groups -OCH3 is 1. The molecule has 0 saturated heterocycles. The van der Waals surface area contributed by atoms with Gasteiger partial charge in [-0.25, -0.2) is 4.79 Å². The molecule has 1 fully saturated rings. The first-order valence-corrected chi connectivity index (χ1v) is 6.04. The van der Waals surface area contributed by atoms with Gasteiger partial charge in [0, 0.05) is 6.42 Å². The van der Waals surface area contributed by atoms with Gasteiger partial charge in [0.05, 0.1) is 7.11 Å². The standard InChI is InChI=1S/C12H21NO3/c1-3-10(12(15)16-2)13-11(14)8-9-6-4-5-7-9/h9-10H,3-8H2,1-2H3,(H,13,14)/t10-/m1/s1. The molecule has 4 nitrogen and oxygen atoms in total. The minimum Gasteiger partial charge on any atom is -0.467 e. The highest BCUT2D eigenvalue weighted by Crippen LogP contribution is 2.27. The third-order valence-corrected chi connectivity index (χ3v) is 3.18. The van der Waals surface area contributed by atoms with Gasteiger partial charge in [-0.2, -0.15) is 0 Å². The molecule has 1 saturated carbocycles. The Balaban J connectivity index is 2.33. The van der Waals surface area contributed by atoms with Gasteiger partial charge < -0.3 is 10.1 Å². The van der Waals surface area contributed by atoms with Crippen LogP contribution >= 0.6 is 0 Å². The molecule has 0 spiro atoms. The lowest BCUT2D eigenvalue weighted by Gasteiger charge is -2.16. The van der Waals surface area contributed by atoms with Crippen LogP contribution in [0, 0.1) is 5.92 Å². The molecule has 0 aromatic heterocycles. The van der Waals surface area contributed by atoms with Crippen molar-refractivity contribution < 1.29 is 14.3 Å². The van der Waals surface area contributed by atoms with Gasteiger partial charge in [-0.05, 0) is 25.2 Å². The number of amides is 1. The van der Waals surface area contributed by atoms with Crippen LogP contribution in [-0.4, -0.2) is 25.0 Å². The fourth-order valence-corrected chi connectivity index (χ4v) is 2.20. The number of carbonyl (C=O) groups is 2. The Hall–Kier alpha value is -1.06. The number of esters is 1. The van der Waals surface area contributed by atoms with E-state index < -0.39 is 6.04 Å². The zero-order valence-electron chi connectivity index (χ0n) is 10.1. The van der Waals surface area contributed by atoms with Gasteiger partial charge in [-0.3, -0.25) is 4.79 Å². The van der Waals surface area contributed by atoms with Crippen LogP contribution in [0.2, 0.25) is 0 Å². The quantitative estimate of drug-likeness (QED) is 0.726. The van der Waals surface area contributed by atoms with Crippen molar-refractivity contribution in [2.45, 2.75) is 51.5 Å². The second kappa shape index (κ2) is 6.51. The van der Waals surface area contributed by atoms with E-state index in [1.165, 1.54) is 20.0 Å². The molecule has 1 atom stereocenters. The molecule has 1 rings (SSSR count). The van der Waals surface area contributed by atoms with Crippen molar-refractivity contribution in [2.24, 2.45) is 5.92 Å². The number of carbonyl (C=O) groups excluding carboxylic acids is 2. The number of nitrogens with one attached hydrogen (secondary N) is 1. The summed E-state index contributed by atoms with van der Waals surface area (Å²) in [6, 6.07) is -0.487. The SMILES string of the molecule is CC[C@@H](NC(=O)CC1CCCC1)C(=O)OC. The number of ether oxygens (including phenoxy) is 1. The van der Waals surface area contributed by atoms with E-state index in [1.54, 1.807) is 0 Å². The van der Waals surface area contributed by atoms with Crippen molar-refractivity contribution in [2.75, 3.05) is 7.11 Å². The van der Waals surface area contributed by atoms with Crippen LogP contribution in [0.25, 0.3) is 0 Å². The second-order valence-electron chi connectivity index (χ2n) is 4.41. The highest BCUT2D eigenvalue weighted by Gasteiger charge is 2.22. The van der Waals surface area contributed by atoms with E-state index in [1.807, 2.05) is 6.92 Å². The Morgan fingerprint density at radius 3 is 2.50 bits per heavy atom. The third kappa shape index (κ3) is 3.83. The van der Waals surface area contributed by atoms with Crippen molar-refractivity contribution in [3.05, 3.63) is 0 Å². The second-order valence-corrected chi connectivity index (χ2v) is 4.41. The van der Waals surface area contributed by atoms with Gasteiger partial charge in [-0.1, -0.05) is 19.8 Å². The van der Waals surface area contributed by atoms with Crippen LogP contribution < -0.4 is 5.32 Å². The van der Waals surface area contributed by atoms with Crippen LogP contribution in [0.4, 0.5) is 0 Å². The van der Waals surface area contributed by atoms with Gasteiger partial charge in [-0.15, -0.1) is 0 Å². The average Bonchev–Trinajstić information content (AvgIpc) is 2.77. The lowest BCUT2D eigenvalue weighted by molar-refractivity contribution is -0.145. The molecule has 92 valence electrons. The smallest absolute Gasteiger partial charge is 0.328 e. The lowest BCUT2D eigenvalue weighted by atomic mass is 10.0. The fraction of sp³-hybridized carbons (Fsp3) is 0.833. The average molecular weight is 227 g/mol. The maximum absolute atomic E-state index is 11.7. The predicted octanol–water partition coefficient (Wildman–Crippen LogP) is 1.63. The minimum absolute atomic E-state index is 0.0239. The Kier molecular flexibility index (Phi) is 5.29. The molecular weight excluding hydrogens is 206 g/mol. The summed E-state index contributed by atoms with van der Waals surface area (Å²) >= 11 is 0. The summed E-state index contributed by atoms with van der Waals surface area (Å²) in [5.41, 5.74) is 0. The molecule has 0 radical (unpaired) electrons. The van der Waals surface area contributed by atoms with Gasteiger partial charge in [0.25, 0.3) is 0 Å². The highest BCUT2D eigenvalue weighted by molar-refractivity contribution is 5.84. The predicted molar refractivity (Wildman–Crippen MR) is 60.8 cm³/mol. The van der Waals surface area contributed by atoms with E-state index in [0.717, 1.165) is 12.8 Å². The van der Waals surface area contributed by atoms with Crippen LogP contribution in [0.3, 0.4) is 0 Å². The van der Waals surface area contributed by atoms with Crippen molar-refractivity contribution >= 4 is 11.9 Å². The van der Waals surface area contributed by atoms with E-state index in [4.69, 9.17) is 0 Å². The molecule has 1 amide bonds. The summed E-state index contributed by atoms with van der Waals surface area (Å²) in [5.74, 6) is 0.126. The van der Waals surface area contributed by atoms with E-state index in [-0.39, 0.29) is 11.9 Å². The Bertz CT molecular complexity index is 247. The van der Waals surface area contributed by atoms with Crippen LogP contribution in [-0.2, 0) is 14.3 Å². The highest BCUT2D eigenvalue weighted by atomic mass is 16.5. The van der Waals surface area contributed by atoms with E-state index in [9.17, 15) is 9.59 Å². The van der Waals surface area contributed by atoms with E-state index in [2.05, 4.69) is 10.1 Å². The maximum Gasteiger partial charge on any atom is 0.328 e. The molecule has 1 aliphatic carbocycles. The van der Waals surface area contributed by atoms with Crippen molar-refractivity contribution in [3.63, 3.8) is 0 Å². The van der Waals surface area contributed by atoms with Crippen LogP contribution in [0.15, 0.2) is 0 Å². The molecule has 0 aliphatic heterocycles. The number of rotatable bonds is 5. The number of hydrogen-bond donors (Lipinski definition) is 1. The minimum atomic E-state index is -0.487. The normalized spacial score (nSPS) is 18.1.